The van der Waals surface area contributed by atoms with Gasteiger partial charge in [0, 0.05) is 23.2 Å². The highest BCUT2D eigenvalue weighted by Crippen LogP contribution is 2.37. The Bertz CT molecular complexity index is 1040. The molecule has 5 heteroatoms. The summed E-state index contributed by atoms with van der Waals surface area (Å²) < 4.78 is 0. The second-order valence-electron chi connectivity index (χ2n) is 8.13. The van der Waals surface area contributed by atoms with E-state index in [0.29, 0.717) is 25.8 Å². The van der Waals surface area contributed by atoms with Crippen LogP contribution in [-0.4, -0.2) is 28.8 Å². The second kappa shape index (κ2) is 10.4. The van der Waals surface area contributed by atoms with E-state index < -0.39 is 5.54 Å². The first-order chi connectivity index (χ1) is 15.7. The van der Waals surface area contributed by atoms with Gasteiger partial charge in [-0.15, -0.1) is 11.3 Å². The number of hydrogen-bond donors (Lipinski definition) is 1. The Kier molecular flexibility index (Phi) is 7.17. The summed E-state index contributed by atoms with van der Waals surface area (Å²) in [7, 11) is 0. The van der Waals surface area contributed by atoms with Gasteiger partial charge in [-0.25, -0.2) is 0 Å². The first-order valence-electron chi connectivity index (χ1n) is 11.1. The van der Waals surface area contributed by atoms with Gasteiger partial charge in [0.15, 0.2) is 0 Å². The zero-order valence-electron chi connectivity index (χ0n) is 18.1. The van der Waals surface area contributed by atoms with Gasteiger partial charge in [0.1, 0.15) is 5.54 Å². The molecule has 164 valence electrons. The maximum Gasteiger partial charge on any atom is 0.250 e. The molecule has 0 atom stereocenters. The van der Waals surface area contributed by atoms with Crippen LogP contribution in [0.25, 0.3) is 6.08 Å². The molecular formula is C27H28N2O2S. The molecule has 0 saturated heterocycles. The molecular weight excluding hydrogens is 416 g/mol. The molecule has 4 rings (SSSR count). The van der Waals surface area contributed by atoms with Crippen molar-refractivity contribution in [3.63, 3.8) is 0 Å². The minimum Gasteiger partial charge on any atom is -0.324 e. The molecule has 32 heavy (non-hydrogen) atoms. The second-order valence-corrected chi connectivity index (χ2v) is 9.11. The van der Waals surface area contributed by atoms with Crippen molar-refractivity contribution in [2.75, 3.05) is 11.9 Å². The van der Waals surface area contributed by atoms with Crippen LogP contribution in [0.5, 0.6) is 0 Å². The van der Waals surface area contributed by atoms with Gasteiger partial charge in [0.05, 0.1) is 0 Å². The fraction of sp³-hybridized carbons (Fsp3) is 0.259. The van der Waals surface area contributed by atoms with Crippen LogP contribution < -0.4 is 5.32 Å². The topological polar surface area (TPSA) is 49.4 Å². The van der Waals surface area contributed by atoms with Crippen LogP contribution in [-0.2, 0) is 16.0 Å². The van der Waals surface area contributed by atoms with E-state index >= 15 is 0 Å². The maximum absolute atomic E-state index is 13.6. The highest BCUT2D eigenvalue weighted by Gasteiger charge is 2.47. The van der Waals surface area contributed by atoms with Gasteiger partial charge < -0.3 is 10.2 Å². The Balaban J connectivity index is 1.61. The molecule has 0 spiro atoms. The first-order valence-corrected chi connectivity index (χ1v) is 12.0. The van der Waals surface area contributed by atoms with Crippen molar-refractivity contribution in [2.45, 2.75) is 37.6 Å². The summed E-state index contributed by atoms with van der Waals surface area (Å²) in [5, 5.41) is 5.06. The van der Waals surface area contributed by atoms with Crippen molar-refractivity contribution in [3.05, 3.63) is 94.7 Å². The average Bonchev–Trinajstić information content (AvgIpc) is 3.52. The Hall–Kier alpha value is -3.18. The molecule has 3 aromatic rings. The quantitative estimate of drug-likeness (QED) is 0.448. The van der Waals surface area contributed by atoms with E-state index in [2.05, 4.69) is 17.4 Å². The Morgan fingerprint density at radius 3 is 2.28 bits per heavy atom. The van der Waals surface area contributed by atoms with E-state index in [9.17, 15) is 9.59 Å². The molecule has 0 bridgehead atoms. The van der Waals surface area contributed by atoms with Crippen molar-refractivity contribution in [3.8, 4) is 0 Å². The molecule has 1 fully saturated rings. The average molecular weight is 445 g/mol. The molecule has 0 aliphatic heterocycles. The van der Waals surface area contributed by atoms with Crippen LogP contribution in [0, 0.1) is 0 Å². The van der Waals surface area contributed by atoms with Crippen LogP contribution in [0.3, 0.4) is 0 Å². The highest BCUT2D eigenvalue weighted by molar-refractivity contribution is 7.10. The van der Waals surface area contributed by atoms with E-state index in [1.54, 1.807) is 17.4 Å². The lowest BCUT2D eigenvalue weighted by atomic mass is 9.92. The third-order valence-electron chi connectivity index (χ3n) is 6.07. The number of para-hydroxylation sites is 1. The number of nitrogens with zero attached hydrogens (tertiary/aromatic N) is 1. The minimum atomic E-state index is -0.832. The third kappa shape index (κ3) is 5.17. The van der Waals surface area contributed by atoms with E-state index in [-0.39, 0.29) is 11.8 Å². The van der Waals surface area contributed by atoms with E-state index in [1.165, 1.54) is 0 Å². The van der Waals surface area contributed by atoms with E-state index in [1.807, 2.05) is 77.0 Å². The van der Waals surface area contributed by atoms with Gasteiger partial charge in [-0.05, 0) is 54.5 Å². The Morgan fingerprint density at radius 1 is 0.938 bits per heavy atom. The molecule has 4 nitrogen and oxygen atoms in total. The number of amides is 2. The Labute approximate surface area is 193 Å². The lowest BCUT2D eigenvalue weighted by molar-refractivity contribution is -0.141. The van der Waals surface area contributed by atoms with Crippen molar-refractivity contribution < 1.29 is 9.59 Å². The number of hydrogen-bond acceptors (Lipinski definition) is 3. The molecule has 1 aliphatic carbocycles. The zero-order valence-corrected chi connectivity index (χ0v) is 18.9. The van der Waals surface area contributed by atoms with Crippen LogP contribution >= 0.6 is 11.3 Å². The fourth-order valence-corrected chi connectivity index (χ4v) is 5.02. The highest BCUT2D eigenvalue weighted by atomic mass is 32.1. The van der Waals surface area contributed by atoms with Gasteiger partial charge in [0.2, 0.25) is 11.8 Å². The summed E-state index contributed by atoms with van der Waals surface area (Å²) in [6.07, 6.45) is 7.41. The summed E-state index contributed by atoms with van der Waals surface area (Å²) in [6, 6.07) is 23.6. The van der Waals surface area contributed by atoms with E-state index in [0.717, 1.165) is 29.0 Å². The van der Waals surface area contributed by atoms with Gasteiger partial charge >= 0.3 is 0 Å². The molecule has 1 aliphatic rings. The fourth-order valence-electron chi connectivity index (χ4n) is 4.40. The van der Waals surface area contributed by atoms with Crippen LogP contribution in [0.2, 0.25) is 0 Å². The lowest BCUT2D eigenvalue weighted by Gasteiger charge is -2.39. The smallest absolute Gasteiger partial charge is 0.250 e. The normalized spacial score (nSPS) is 15.0. The predicted molar refractivity (Wildman–Crippen MR) is 131 cm³/mol. The number of carbonyl (C=O) groups excluding carboxylic acids is 2. The van der Waals surface area contributed by atoms with Gasteiger partial charge in [-0.1, -0.05) is 67.4 Å². The van der Waals surface area contributed by atoms with Gasteiger partial charge in [-0.2, -0.15) is 0 Å². The Morgan fingerprint density at radius 2 is 1.62 bits per heavy atom. The molecule has 0 unspecified atom stereocenters. The van der Waals surface area contributed by atoms with Crippen molar-refractivity contribution >= 4 is 34.9 Å². The number of nitrogens with one attached hydrogen (secondary N) is 1. The SMILES string of the molecule is O=C(C=Cc1cccs1)N(CCc1ccccc1)C1(C(=O)Nc2ccccc2)CCCC1. The van der Waals surface area contributed by atoms with Crippen molar-refractivity contribution in [2.24, 2.45) is 0 Å². The summed E-state index contributed by atoms with van der Waals surface area (Å²) in [5.41, 5.74) is 1.08. The molecule has 1 N–H and O–H groups in total. The standard InChI is InChI=1S/C27H28N2O2S/c30-25(16-15-24-14-9-21-32-24)29(20-17-22-10-3-1-4-11-22)27(18-7-8-19-27)26(31)28-23-12-5-2-6-13-23/h1-6,9-16,21H,7-8,17-20H2,(H,28,31). The number of rotatable bonds is 8. The number of carbonyl (C=O) groups is 2. The van der Waals surface area contributed by atoms with E-state index in [4.69, 9.17) is 0 Å². The van der Waals surface area contributed by atoms with Crippen molar-refractivity contribution in [1.82, 2.24) is 4.90 Å². The van der Waals surface area contributed by atoms with Crippen LogP contribution in [0.1, 0.15) is 36.1 Å². The molecule has 2 aromatic carbocycles. The number of thiophene rings is 1. The largest absolute Gasteiger partial charge is 0.324 e. The molecule has 0 radical (unpaired) electrons. The number of benzene rings is 2. The summed E-state index contributed by atoms with van der Waals surface area (Å²) in [4.78, 5) is 29.9. The molecule has 1 aromatic heterocycles. The van der Waals surface area contributed by atoms with Crippen LogP contribution in [0.15, 0.2) is 84.3 Å². The monoisotopic (exact) mass is 444 g/mol. The number of anilines is 1. The molecule has 1 heterocycles. The summed E-state index contributed by atoms with van der Waals surface area (Å²) in [5.74, 6) is -0.202. The van der Waals surface area contributed by atoms with Crippen LogP contribution in [0.4, 0.5) is 5.69 Å². The van der Waals surface area contributed by atoms with Gasteiger partial charge in [0.25, 0.3) is 0 Å². The minimum absolute atomic E-state index is 0.0906. The van der Waals surface area contributed by atoms with Crippen molar-refractivity contribution in [1.29, 1.82) is 0 Å². The predicted octanol–water partition coefficient (Wildman–Crippen LogP) is 5.78. The lowest BCUT2D eigenvalue weighted by Crippen LogP contribution is -2.57. The zero-order chi connectivity index (χ0) is 22.2. The maximum atomic E-state index is 13.6. The van der Waals surface area contributed by atoms with Gasteiger partial charge in [-0.3, -0.25) is 9.59 Å². The molecule has 2 amide bonds. The summed E-state index contributed by atoms with van der Waals surface area (Å²) >= 11 is 1.59. The molecule has 1 saturated carbocycles. The first kappa shape index (κ1) is 22.0. The third-order valence-corrected chi connectivity index (χ3v) is 6.91. The summed E-state index contributed by atoms with van der Waals surface area (Å²) in [6.45, 7) is 0.500.